The van der Waals surface area contributed by atoms with Crippen LogP contribution in [-0.4, -0.2) is 27.9 Å². The smallest absolute Gasteiger partial charge is 0.264 e. The standard InChI is InChI=1S/C16H18N6O2S/c1-11(2)15-18-9-10-22(15)14-7-8-19-16(20-14)21-25(23,24)13-5-3-12(17)4-6-13/h3-11H,17H2,1-2H3,(H,19,20,21). The van der Waals surface area contributed by atoms with Crippen LogP contribution in [0.5, 0.6) is 0 Å². The van der Waals surface area contributed by atoms with Gasteiger partial charge in [-0.05, 0) is 30.3 Å². The molecule has 0 spiro atoms. The van der Waals surface area contributed by atoms with Gasteiger partial charge in [0.1, 0.15) is 11.6 Å². The maximum absolute atomic E-state index is 12.4. The van der Waals surface area contributed by atoms with Gasteiger partial charge < -0.3 is 5.73 Å². The fourth-order valence-corrected chi connectivity index (χ4v) is 3.25. The molecule has 0 aliphatic carbocycles. The minimum atomic E-state index is -3.80. The zero-order valence-electron chi connectivity index (χ0n) is 13.8. The molecule has 0 bridgehead atoms. The lowest BCUT2D eigenvalue weighted by Gasteiger charge is -2.11. The Bertz CT molecular complexity index is 980. The molecule has 1 aromatic carbocycles. The Kier molecular flexibility index (Phi) is 4.41. The number of nitrogens with zero attached hydrogens (tertiary/aromatic N) is 4. The molecule has 0 unspecified atom stereocenters. The van der Waals surface area contributed by atoms with E-state index in [0.717, 1.165) is 5.82 Å². The Labute approximate surface area is 145 Å². The summed E-state index contributed by atoms with van der Waals surface area (Å²) in [5, 5.41) is 0. The predicted octanol–water partition coefficient (Wildman–Crippen LogP) is 2.17. The summed E-state index contributed by atoms with van der Waals surface area (Å²) in [5.41, 5.74) is 6.07. The number of nitrogens with one attached hydrogen (secondary N) is 1. The van der Waals surface area contributed by atoms with Gasteiger partial charge in [-0.1, -0.05) is 13.8 Å². The second-order valence-electron chi connectivity index (χ2n) is 5.72. The van der Waals surface area contributed by atoms with E-state index in [1.54, 1.807) is 23.0 Å². The van der Waals surface area contributed by atoms with Crippen LogP contribution in [0.2, 0.25) is 0 Å². The van der Waals surface area contributed by atoms with Crippen LogP contribution in [0.4, 0.5) is 11.6 Å². The van der Waals surface area contributed by atoms with Crippen molar-refractivity contribution >= 4 is 21.7 Å². The molecule has 0 amide bonds. The summed E-state index contributed by atoms with van der Waals surface area (Å²) in [6.45, 7) is 4.04. The molecule has 0 saturated carbocycles. The average Bonchev–Trinajstić information content (AvgIpc) is 3.05. The summed E-state index contributed by atoms with van der Waals surface area (Å²) >= 11 is 0. The Hall–Kier alpha value is -2.94. The number of rotatable bonds is 5. The fraction of sp³-hybridized carbons (Fsp3) is 0.188. The Balaban J connectivity index is 1.92. The van der Waals surface area contributed by atoms with Crippen LogP contribution in [0.1, 0.15) is 25.6 Å². The van der Waals surface area contributed by atoms with Crippen molar-refractivity contribution in [3.8, 4) is 5.82 Å². The Morgan fingerprint density at radius 1 is 1.08 bits per heavy atom. The summed E-state index contributed by atoms with van der Waals surface area (Å²) in [4.78, 5) is 12.7. The zero-order valence-corrected chi connectivity index (χ0v) is 14.6. The fourth-order valence-electron chi connectivity index (χ4n) is 2.29. The number of nitrogens with two attached hydrogens (primary N) is 1. The van der Waals surface area contributed by atoms with Crippen LogP contribution in [0.3, 0.4) is 0 Å². The zero-order chi connectivity index (χ0) is 18.0. The highest BCUT2D eigenvalue weighted by Crippen LogP contribution is 2.18. The molecule has 3 rings (SSSR count). The molecular weight excluding hydrogens is 340 g/mol. The van der Waals surface area contributed by atoms with E-state index in [4.69, 9.17) is 5.73 Å². The van der Waals surface area contributed by atoms with Crippen molar-refractivity contribution in [3.05, 3.63) is 54.7 Å². The molecule has 8 nitrogen and oxygen atoms in total. The third-order valence-electron chi connectivity index (χ3n) is 3.49. The molecule has 25 heavy (non-hydrogen) atoms. The van der Waals surface area contributed by atoms with Crippen LogP contribution in [0, 0.1) is 0 Å². The molecule has 0 aliphatic rings. The number of aromatic nitrogens is 4. The molecule has 3 aromatic rings. The van der Waals surface area contributed by atoms with Gasteiger partial charge in [0.2, 0.25) is 5.95 Å². The highest BCUT2D eigenvalue weighted by atomic mass is 32.2. The van der Waals surface area contributed by atoms with Gasteiger partial charge in [0, 0.05) is 30.2 Å². The number of imidazole rings is 1. The lowest BCUT2D eigenvalue weighted by atomic mass is 10.2. The molecule has 2 aromatic heterocycles. The number of nitrogen functional groups attached to an aromatic ring is 1. The topological polar surface area (TPSA) is 116 Å². The van der Waals surface area contributed by atoms with E-state index in [1.165, 1.54) is 30.5 Å². The lowest BCUT2D eigenvalue weighted by Crippen LogP contribution is -2.16. The van der Waals surface area contributed by atoms with Crippen molar-refractivity contribution in [2.45, 2.75) is 24.7 Å². The molecule has 130 valence electrons. The number of anilines is 2. The van der Waals surface area contributed by atoms with E-state index in [9.17, 15) is 8.42 Å². The first-order valence-electron chi connectivity index (χ1n) is 7.62. The summed E-state index contributed by atoms with van der Waals surface area (Å²) < 4.78 is 29.0. The van der Waals surface area contributed by atoms with Gasteiger partial charge in [0.15, 0.2) is 0 Å². The number of benzene rings is 1. The van der Waals surface area contributed by atoms with Gasteiger partial charge in [-0.3, -0.25) is 4.57 Å². The highest BCUT2D eigenvalue weighted by molar-refractivity contribution is 7.92. The second kappa shape index (κ2) is 6.52. The molecule has 0 aliphatic heterocycles. The normalized spacial score (nSPS) is 11.6. The second-order valence-corrected chi connectivity index (χ2v) is 7.41. The third-order valence-corrected chi connectivity index (χ3v) is 4.83. The van der Waals surface area contributed by atoms with E-state index in [1.807, 2.05) is 13.8 Å². The SMILES string of the molecule is CC(C)c1nccn1-c1ccnc(NS(=O)(=O)c2ccc(N)cc2)n1. The summed E-state index contributed by atoms with van der Waals surface area (Å²) in [7, 11) is -3.80. The van der Waals surface area contributed by atoms with Crippen molar-refractivity contribution in [3.63, 3.8) is 0 Å². The highest BCUT2D eigenvalue weighted by Gasteiger charge is 2.16. The molecule has 0 radical (unpaired) electrons. The van der Waals surface area contributed by atoms with Crippen molar-refractivity contribution in [1.82, 2.24) is 19.5 Å². The van der Waals surface area contributed by atoms with Crippen LogP contribution in [-0.2, 0) is 10.0 Å². The summed E-state index contributed by atoms with van der Waals surface area (Å²) in [5.74, 6) is 1.54. The molecule has 3 N–H and O–H groups in total. The van der Waals surface area contributed by atoms with Gasteiger partial charge in [-0.25, -0.2) is 23.1 Å². The van der Waals surface area contributed by atoms with Gasteiger partial charge >= 0.3 is 0 Å². The number of sulfonamides is 1. The molecular formula is C16H18N6O2S. The van der Waals surface area contributed by atoms with E-state index in [2.05, 4.69) is 19.7 Å². The van der Waals surface area contributed by atoms with E-state index >= 15 is 0 Å². The molecule has 0 saturated heterocycles. The lowest BCUT2D eigenvalue weighted by molar-refractivity contribution is 0.601. The van der Waals surface area contributed by atoms with Crippen LogP contribution >= 0.6 is 0 Å². The first-order valence-corrected chi connectivity index (χ1v) is 9.10. The first kappa shape index (κ1) is 16.9. The average molecular weight is 358 g/mol. The van der Waals surface area contributed by atoms with E-state index < -0.39 is 10.0 Å². The summed E-state index contributed by atoms with van der Waals surface area (Å²) in [6, 6.07) is 7.58. The van der Waals surface area contributed by atoms with Crippen LogP contribution in [0.15, 0.2) is 53.8 Å². The van der Waals surface area contributed by atoms with E-state index in [-0.39, 0.29) is 16.8 Å². The van der Waals surface area contributed by atoms with Crippen molar-refractivity contribution in [2.24, 2.45) is 0 Å². The molecule has 0 fully saturated rings. The summed E-state index contributed by atoms with van der Waals surface area (Å²) in [6.07, 6.45) is 4.94. The minimum Gasteiger partial charge on any atom is -0.399 e. The maximum atomic E-state index is 12.4. The first-order chi connectivity index (χ1) is 11.9. The van der Waals surface area contributed by atoms with Gasteiger partial charge in [-0.15, -0.1) is 0 Å². The molecule has 9 heteroatoms. The van der Waals surface area contributed by atoms with E-state index in [0.29, 0.717) is 11.5 Å². The monoisotopic (exact) mass is 358 g/mol. The number of hydrogen-bond acceptors (Lipinski definition) is 6. The van der Waals surface area contributed by atoms with Crippen LogP contribution < -0.4 is 10.5 Å². The molecule has 0 atom stereocenters. The quantitative estimate of drug-likeness (QED) is 0.675. The Morgan fingerprint density at radius 3 is 2.48 bits per heavy atom. The predicted molar refractivity (Wildman–Crippen MR) is 94.9 cm³/mol. The largest absolute Gasteiger partial charge is 0.399 e. The number of hydrogen-bond donors (Lipinski definition) is 2. The third kappa shape index (κ3) is 3.61. The van der Waals surface area contributed by atoms with Gasteiger partial charge in [-0.2, -0.15) is 4.98 Å². The Morgan fingerprint density at radius 2 is 1.80 bits per heavy atom. The van der Waals surface area contributed by atoms with Crippen molar-refractivity contribution in [2.75, 3.05) is 10.5 Å². The van der Waals surface area contributed by atoms with Crippen molar-refractivity contribution < 1.29 is 8.42 Å². The van der Waals surface area contributed by atoms with Gasteiger partial charge in [0.25, 0.3) is 10.0 Å². The van der Waals surface area contributed by atoms with Crippen molar-refractivity contribution in [1.29, 1.82) is 0 Å². The van der Waals surface area contributed by atoms with Crippen LogP contribution in [0.25, 0.3) is 5.82 Å². The maximum Gasteiger partial charge on any atom is 0.264 e. The minimum absolute atomic E-state index is 0.0160. The molecule has 2 heterocycles. The van der Waals surface area contributed by atoms with Gasteiger partial charge in [0.05, 0.1) is 4.90 Å².